The van der Waals surface area contributed by atoms with Crippen molar-refractivity contribution in [1.82, 2.24) is 29.3 Å². The van der Waals surface area contributed by atoms with Crippen LogP contribution in [0.1, 0.15) is 63.4 Å². The highest BCUT2D eigenvalue weighted by atomic mass is 35.5. The first-order valence-corrected chi connectivity index (χ1v) is 16.7. The van der Waals surface area contributed by atoms with Crippen molar-refractivity contribution in [3.63, 3.8) is 0 Å². The molecule has 0 bridgehead atoms. The third-order valence-electron chi connectivity index (χ3n) is 9.26. The van der Waals surface area contributed by atoms with Gasteiger partial charge in [0, 0.05) is 37.3 Å². The molecular weight excluding hydrogens is 617 g/mol. The van der Waals surface area contributed by atoms with Crippen molar-refractivity contribution in [3.8, 4) is 16.9 Å². The maximum atomic E-state index is 15.2. The van der Waals surface area contributed by atoms with Gasteiger partial charge >= 0.3 is 5.69 Å². The number of amides is 1. The summed E-state index contributed by atoms with van der Waals surface area (Å²) in [6, 6.07) is 9.74. The van der Waals surface area contributed by atoms with Crippen LogP contribution in [0.2, 0.25) is 5.02 Å². The molecule has 9 nitrogen and oxygen atoms in total. The van der Waals surface area contributed by atoms with Crippen LogP contribution in [0.15, 0.2) is 53.8 Å². The number of fused-ring (bicyclic) bond motifs is 1. The van der Waals surface area contributed by atoms with Gasteiger partial charge in [0.2, 0.25) is 5.91 Å². The molecule has 0 spiro atoms. The molecule has 2 aliphatic heterocycles. The Morgan fingerprint density at radius 3 is 2.49 bits per heavy atom. The third-order valence-corrected chi connectivity index (χ3v) is 9.55. The molecule has 1 amide bonds. The Kier molecular flexibility index (Phi) is 9.18. The average Bonchev–Trinajstić information content (AvgIpc) is 3.55. The molecule has 0 radical (unpaired) electrons. The lowest BCUT2D eigenvalue weighted by atomic mass is 10.0. The maximum Gasteiger partial charge on any atom is 0.355 e. The Bertz CT molecular complexity index is 1920. The zero-order valence-corrected chi connectivity index (χ0v) is 28.4. The first-order valence-electron chi connectivity index (χ1n) is 16.3. The smallest absolute Gasteiger partial charge is 0.349 e. The van der Waals surface area contributed by atoms with E-state index in [0.29, 0.717) is 35.6 Å². The predicted molar refractivity (Wildman–Crippen MR) is 185 cm³/mol. The van der Waals surface area contributed by atoms with Crippen LogP contribution in [-0.2, 0) is 11.3 Å². The van der Waals surface area contributed by atoms with E-state index in [9.17, 15) is 9.59 Å². The molecule has 6 rings (SSSR count). The van der Waals surface area contributed by atoms with E-state index in [0.717, 1.165) is 36.6 Å². The van der Waals surface area contributed by atoms with Crippen LogP contribution in [-0.4, -0.2) is 73.5 Å². The van der Waals surface area contributed by atoms with E-state index in [-0.39, 0.29) is 40.2 Å². The van der Waals surface area contributed by atoms with Crippen LogP contribution in [0.3, 0.4) is 0 Å². The summed E-state index contributed by atoms with van der Waals surface area (Å²) < 4.78 is 16.7. The molecule has 0 saturated carbocycles. The molecule has 1 aromatic carbocycles. The quantitative estimate of drug-likeness (QED) is 0.216. The van der Waals surface area contributed by atoms with Crippen molar-refractivity contribution in [2.45, 2.75) is 72.0 Å². The molecule has 4 aromatic rings. The minimum Gasteiger partial charge on any atom is -0.349 e. The molecule has 3 aromatic heterocycles. The van der Waals surface area contributed by atoms with E-state index in [4.69, 9.17) is 21.6 Å². The number of hydrogen-bond donors (Lipinski definition) is 0. The molecule has 47 heavy (non-hydrogen) atoms. The van der Waals surface area contributed by atoms with E-state index in [1.165, 1.54) is 29.6 Å². The molecule has 2 atom stereocenters. The van der Waals surface area contributed by atoms with Crippen molar-refractivity contribution in [2.75, 3.05) is 31.1 Å². The lowest BCUT2D eigenvalue weighted by Crippen LogP contribution is -2.58. The molecule has 2 fully saturated rings. The first-order chi connectivity index (χ1) is 22.5. The molecule has 2 unspecified atom stereocenters. The van der Waals surface area contributed by atoms with Crippen LogP contribution >= 0.6 is 11.6 Å². The monoisotopic (exact) mass is 657 g/mol. The Hall–Kier alpha value is -4.15. The predicted octanol–water partition coefficient (Wildman–Crippen LogP) is 6.27. The van der Waals surface area contributed by atoms with Crippen molar-refractivity contribution < 1.29 is 9.18 Å². The number of nitrogens with zero attached hydrogens (tertiary/aromatic N) is 7. The summed E-state index contributed by atoms with van der Waals surface area (Å²) >= 11 is 6.88. The number of aryl methyl sites for hydroxylation is 1. The zero-order valence-electron chi connectivity index (χ0n) is 27.6. The molecule has 0 N–H and O–H groups in total. The number of carbonyl (C=O) groups is 1. The normalized spacial score (nSPS) is 18.8. The van der Waals surface area contributed by atoms with Crippen LogP contribution in [0, 0.1) is 12.7 Å². The number of anilines is 1. The Morgan fingerprint density at radius 1 is 1.09 bits per heavy atom. The fourth-order valence-electron chi connectivity index (χ4n) is 6.92. The highest BCUT2D eigenvalue weighted by molar-refractivity contribution is 6.33. The third kappa shape index (κ3) is 6.16. The number of halogens is 2. The zero-order chi connectivity index (χ0) is 33.6. The second-order valence-electron chi connectivity index (χ2n) is 13.1. The largest absolute Gasteiger partial charge is 0.355 e. The van der Waals surface area contributed by atoms with E-state index in [2.05, 4.69) is 30.3 Å². The van der Waals surface area contributed by atoms with Gasteiger partial charge in [-0.25, -0.2) is 18.7 Å². The molecule has 11 heteroatoms. The van der Waals surface area contributed by atoms with Gasteiger partial charge in [0.25, 0.3) is 0 Å². The fraction of sp³-hybridized carbons (Fsp3) is 0.417. The van der Waals surface area contributed by atoms with Crippen LogP contribution in [0.5, 0.6) is 0 Å². The Morgan fingerprint density at radius 2 is 1.81 bits per heavy atom. The highest BCUT2D eigenvalue weighted by Crippen LogP contribution is 2.37. The average molecular weight is 658 g/mol. The number of pyridine rings is 2. The topological polar surface area (TPSA) is 87.5 Å². The first kappa shape index (κ1) is 32.8. The van der Waals surface area contributed by atoms with Gasteiger partial charge in [-0.3, -0.25) is 14.7 Å². The SMILES string of the molecule is C=CC(=O)N1CC(C)N(c2nc(=O)n(-c3c(C)cc(CN4CCCC4)nc3C(C)C)c3nc(-c4ccccc4F)c(Cl)cc23)CC1C. The van der Waals surface area contributed by atoms with Crippen molar-refractivity contribution in [1.29, 1.82) is 0 Å². The van der Waals surface area contributed by atoms with E-state index < -0.39 is 11.5 Å². The van der Waals surface area contributed by atoms with Gasteiger partial charge in [-0.05, 0) is 88.5 Å². The van der Waals surface area contributed by atoms with E-state index >= 15 is 4.39 Å². The summed E-state index contributed by atoms with van der Waals surface area (Å²) in [5, 5.41) is 0.782. The van der Waals surface area contributed by atoms with E-state index in [1.807, 2.05) is 31.7 Å². The second-order valence-corrected chi connectivity index (χ2v) is 13.5. The Labute approximate surface area is 279 Å². The van der Waals surface area contributed by atoms with Crippen LogP contribution in [0.25, 0.3) is 28.0 Å². The fourth-order valence-corrected chi connectivity index (χ4v) is 7.17. The number of rotatable bonds is 7. The van der Waals surface area contributed by atoms with Crippen molar-refractivity contribution >= 4 is 34.4 Å². The number of hydrogen-bond acceptors (Lipinski definition) is 7. The lowest BCUT2D eigenvalue weighted by Gasteiger charge is -2.44. The molecular formula is C36H41ClFN7O2. The maximum absolute atomic E-state index is 15.2. The lowest BCUT2D eigenvalue weighted by molar-refractivity contribution is -0.128. The summed E-state index contributed by atoms with van der Waals surface area (Å²) in [5.74, 6) is -0.211. The summed E-state index contributed by atoms with van der Waals surface area (Å²) in [7, 11) is 0. The molecule has 246 valence electrons. The minimum absolute atomic E-state index is 0.0152. The number of benzene rings is 1. The number of carbonyl (C=O) groups excluding carboxylic acids is 1. The number of piperazine rings is 1. The van der Waals surface area contributed by atoms with Crippen LogP contribution in [0.4, 0.5) is 10.2 Å². The number of likely N-dealkylation sites (tertiary alicyclic amines) is 1. The van der Waals surface area contributed by atoms with Crippen molar-refractivity contribution in [3.05, 3.63) is 87.3 Å². The highest BCUT2D eigenvalue weighted by Gasteiger charge is 2.34. The summed E-state index contributed by atoms with van der Waals surface area (Å²) in [5.41, 5.74) is 3.46. The molecule has 5 heterocycles. The minimum atomic E-state index is -0.523. The summed E-state index contributed by atoms with van der Waals surface area (Å²) in [4.78, 5) is 47.9. The standard InChI is InChI=1S/C36H41ClFN7O2/c1-7-30(46)43-18-24(6)44(19-23(43)5)34-27-17-28(37)32(26-12-8-9-13-29(26)38)40-35(27)45(36(47)41-34)33-22(4)16-25(39-31(33)21(2)3)20-42-14-10-11-15-42/h7-9,12-13,16-17,21,23-24H,1,10-11,14-15,18-20H2,2-6H3. The molecule has 0 aliphatic carbocycles. The second kappa shape index (κ2) is 13.2. The van der Waals surface area contributed by atoms with Gasteiger partial charge in [-0.2, -0.15) is 4.98 Å². The molecule has 2 saturated heterocycles. The van der Waals surface area contributed by atoms with Gasteiger partial charge in [0.15, 0.2) is 5.65 Å². The Balaban J connectivity index is 1.60. The summed E-state index contributed by atoms with van der Waals surface area (Å²) in [6.07, 6.45) is 3.69. The van der Waals surface area contributed by atoms with Crippen molar-refractivity contribution in [2.24, 2.45) is 0 Å². The van der Waals surface area contributed by atoms with Crippen LogP contribution < -0.4 is 10.6 Å². The number of aromatic nitrogens is 4. The molecule has 2 aliphatic rings. The van der Waals surface area contributed by atoms with Gasteiger partial charge in [0.1, 0.15) is 11.6 Å². The van der Waals surface area contributed by atoms with Gasteiger partial charge in [-0.15, -0.1) is 0 Å². The van der Waals surface area contributed by atoms with Gasteiger partial charge in [0.05, 0.1) is 33.2 Å². The van der Waals surface area contributed by atoms with Gasteiger partial charge in [-0.1, -0.05) is 44.2 Å². The van der Waals surface area contributed by atoms with Gasteiger partial charge < -0.3 is 9.80 Å². The summed E-state index contributed by atoms with van der Waals surface area (Å²) in [6.45, 7) is 17.4. The van der Waals surface area contributed by atoms with E-state index in [1.54, 1.807) is 29.2 Å².